The number of nitrogens with one attached hydrogen (secondary N) is 1. The third-order valence-corrected chi connectivity index (χ3v) is 3.66. The van der Waals surface area contributed by atoms with Crippen molar-refractivity contribution in [2.75, 3.05) is 39.3 Å². The van der Waals surface area contributed by atoms with Crippen LogP contribution in [0.15, 0.2) is 30.3 Å². The molecule has 1 aliphatic heterocycles. The molecule has 1 aliphatic rings. The molecular weight excluding hydrogens is 264 g/mol. The molecule has 0 saturated carbocycles. The van der Waals surface area contributed by atoms with Crippen LogP contribution in [0.1, 0.15) is 19.3 Å². The fourth-order valence-electron chi connectivity index (χ4n) is 2.49. The largest absolute Gasteiger partial charge is 0.491 e. The summed E-state index contributed by atoms with van der Waals surface area (Å²) in [5.41, 5.74) is 0. The molecule has 0 aliphatic carbocycles. The number of aliphatic hydroxyl groups excluding tert-OH is 1. The van der Waals surface area contributed by atoms with Gasteiger partial charge < -0.3 is 20.1 Å². The minimum absolute atomic E-state index is 0.331. The van der Waals surface area contributed by atoms with E-state index in [1.165, 1.54) is 19.4 Å². The number of ether oxygens (including phenoxy) is 1. The number of piperidine rings is 1. The van der Waals surface area contributed by atoms with Gasteiger partial charge in [0.1, 0.15) is 18.5 Å². The number of likely N-dealkylation sites (tertiary alicyclic amines) is 1. The van der Waals surface area contributed by atoms with Crippen LogP contribution >= 0.6 is 0 Å². The van der Waals surface area contributed by atoms with Crippen LogP contribution in [0, 0.1) is 6.42 Å². The number of aliphatic hydroxyl groups is 1. The van der Waals surface area contributed by atoms with Gasteiger partial charge in [-0.2, -0.15) is 0 Å². The molecule has 1 radical (unpaired) electrons. The molecule has 0 bridgehead atoms. The minimum Gasteiger partial charge on any atom is -0.491 e. The Morgan fingerprint density at radius 2 is 2.14 bits per heavy atom. The van der Waals surface area contributed by atoms with Crippen LogP contribution in [-0.2, 0) is 0 Å². The second-order valence-electron chi connectivity index (χ2n) is 5.57. The van der Waals surface area contributed by atoms with E-state index in [0.717, 1.165) is 31.8 Å². The van der Waals surface area contributed by atoms with Crippen LogP contribution in [-0.4, -0.2) is 55.4 Å². The molecule has 4 nitrogen and oxygen atoms in total. The molecule has 2 rings (SSSR count). The Bertz CT molecular complexity index is 366. The van der Waals surface area contributed by atoms with Crippen molar-refractivity contribution in [2.45, 2.75) is 25.4 Å². The van der Waals surface area contributed by atoms with Gasteiger partial charge in [0.2, 0.25) is 0 Å². The van der Waals surface area contributed by atoms with Gasteiger partial charge in [0.05, 0.1) is 0 Å². The summed E-state index contributed by atoms with van der Waals surface area (Å²) >= 11 is 0. The average Bonchev–Trinajstić information content (AvgIpc) is 2.54. The molecule has 117 valence electrons. The smallest absolute Gasteiger partial charge is 0.119 e. The maximum atomic E-state index is 9.86. The van der Waals surface area contributed by atoms with Gasteiger partial charge in [-0.3, -0.25) is 0 Å². The fourth-order valence-corrected chi connectivity index (χ4v) is 2.49. The molecule has 1 heterocycles. The first-order valence-corrected chi connectivity index (χ1v) is 7.95. The van der Waals surface area contributed by atoms with Crippen molar-refractivity contribution in [2.24, 2.45) is 0 Å². The standard InChI is InChI=1S/C17H27N2O2/c20-16(15-21-17-8-3-1-4-9-17)14-18-10-7-13-19-11-5-2-6-12-19/h1,3-5,8-9,16,18,20H,2,6-7,10-15H2. The lowest BCUT2D eigenvalue weighted by Gasteiger charge is -2.26. The van der Waals surface area contributed by atoms with Gasteiger partial charge >= 0.3 is 0 Å². The molecule has 0 aromatic heterocycles. The lowest BCUT2D eigenvalue weighted by atomic mass is 10.1. The second kappa shape index (κ2) is 9.77. The molecular formula is C17H27N2O2. The SMILES string of the molecule is OC(CNCCCN1C[CH]CCC1)COc1ccccc1. The summed E-state index contributed by atoms with van der Waals surface area (Å²) in [5, 5.41) is 13.1. The van der Waals surface area contributed by atoms with E-state index >= 15 is 0 Å². The zero-order valence-corrected chi connectivity index (χ0v) is 12.7. The quantitative estimate of drug-likeness (QED) is 0.680. The summed E-state index contributed by atoms with van der Waals surface area (Å²) in [4.78, 5) is 2.49. The van der Waals surface area contributed by atoms with Crippen LogP contribution in [0.5, 0.6) is 5.75 Å². The summed E-state index contributed by atoms with van der Waals surface area (Å²) in [5.74, 6) is 0.804. The molecule has 2 N–H and O–H groups in total. The van der Waals surface area contributed by atoms with E-state index in [9.17, 15) is 5.11 Å². The van der Waals surface area contributed by atoms with Crippen LogP contribution in [0.4, 0.5) is 0 Å². The Morgan fingerprint density at radius 1 is 1.29 bits per heavy atom. The van der Waals surface area contributed by atoms with Crippen molar-refractivity contribution in [3.8, 4) is 5.75 Å². The number of benzene rings is 1. The lowest BCUT2D eigenvalue weighted by molar-refractivity contribution is 0.106. The number of hydrogen-bond donors (Lipinski definition) is 2. The predicted molar refractivity (Wildman–Crippen MR) is 85.4 cm³/mol. The van der Waals surface area contributed by atoms with E-state index < -0.39 is 6.10 Å². The van der Waals surface area contributed by atoms with Crippen molar-refractivity contribution in [3.05, 3.63) is 36.8 Å². The highest BCUT2D eigenvalue weighted by atomic mass is 16.5. The van der Waals surface area contributed by atoms with Crippen molar-refractivity contribution in [3.63, 3.8) is 0 Å². The summed E-state index contributed by atoms with van der Waals surface area (Å²) in [7, 11) is 0. The molecule has 21 heavy (non-hydrogen) atoms. The Kier molecular flexibility index (Phi) is 7.57. The van der Waals surface area contributed by atoms with E-state index in [1.54, 1.807) is 0 Å². The van der Waals surface area contributed by atoms with Gasteiger partial charge in [-0.15, -0.1) is 0 Å². The molecule has 4 heteroatoms. The maximum absolute atomic E-state index is 9.86. The molecule has 1 unspecified atom stereocenters. The summed E-state index contributed by atoms with van der Waals surface area (Å²) in [6, 6.07) is 9.60. The Labute approximate surface area is 128 Å². The van der Waals surface area contributed by atoms with Crippen molar-refractivity contribution in [1.29, 1.82) is 0 Å². The Hall–Kier alpha value is -1.10. The number of para-hydroxylation sites is 1. The minimum atomic E-state index is -0.464. The second-order valence-corrected chi connectivity index (χ2v) is 5.57. The molecule has 1 aromatic carbocycles. The van der Waals surface area contributed by atoms with Gasteiger partial charge in [-0.1, -0.05) is 18.2 Å². The zero-order chi connectivity index (χ0) is 14.8. The number of hydrogen-bond acceptors (Lipinski definition) is 4. The monoisotopic (exact) mass is 291 g/mol. The highest BCUT2D eigenvalue weighted by Gasteiger charge is 2.09. The Balaban J connectivity index is 1.46. The van der Waals surface area contributed by atoms with Crippen molar-refractivity contribution >= 4 is 0 Å². The fraction of sp³-hybridized carbons (Fsp3) is 0.588. The van der Waals surface area contributed by atoms with Gasteiger partial charge in [0, 0.05) is 13.1 Å². The first-order chi connectivity index (χ1) is 10.3. The molecule has 1 saturated heterocycles. The Morgan fingerprint density at radius 3 is 2.90 bits per heavy atom. The molecule has 0 amide bonds. The van der Waals surface area contributed by atoms with Crippen LogP contribution in [0.25, 0.3) is 0 Å². The molecule has 0 spiro atoms. The number of nitrogens with zero attached hydrogens (tertiary/aromatic N) is 1. The third-order valence-electron chi connectivity index (χ3n) is 3.66. The lowest BCUT2D eigenvalue weighted by Crippen LogP contribution is -2.35. The molecule has 1 fully saturated rings. The predicted octanol–water partition coefficient (Wildman–Crippen LogP) is 1.71. The van der Waals surface area contributed by atoms with Gasteiger partial charge in [-0.05, 0) is 57.5 Å². The average molecular weight is 291 g/mol. The van der Waals surface area contributed by atoms with Crippen LogP contribution < -0.4 is 10.1 Å². The first kappa shape index (κ1) is 16.3. The van der Waals surface area contributed by atoms with Crippen LogP contribution in [0.3, 0.4) is 0 Å². The van der Waals surface area contributed by atoms with E-state index in [2.05, 4.69) is 16.6 Å². The normalized spacial score (nSPS) is 17.6. The van der Waals surface area contributed by atoms with E-state index in [0.29, 0.717) is 13.2 Å². The summed E-state index contributed by atoms with van der Waals surface area (Å²) in [6.07, 6.45) is 5.58. The van der Waals surface area contributed by atoms with E-state index in [1.807, 2.05) is 30.3 Å². The van der Waals surface area contributed by atoms with E-state index in [-0.39, 0.29) is 0 Å². The maximum Gasteiger partial charge on any atom is 0.119 e. The van der Waals surface area contributed by atoms with Crippen molar-refractivity contribution < 1.29 is 9.84 Å². The summed E-state index contributed by atoms with van der Waals surface area (Å²) < 4.78 is 5.52. The zero-order valence-electron chi connectivity index (χ0n) is 12.7. The highest BCUT2D eigenvalue weighted by Crippen LogP contribution is 2.08. The first-order valence-electron chi connectivity index (χ1n) is 7.95. The third kappa shape index (κ3) is 6.93. The van der Waals surface area contributed by atoms with Crippen LogP contribution in [0.2, 0.25) is 0 Å². The van der Waals surface area contributed by atoms with Gasteiger partial charge in [0.15, 0.2) is 0 Å². The molecule has 1 atom stereocenters. The topological polar surface area (TPSA) is 44.7 Å². The summed E-state index contributed by atoms with van der Waals surface area (Å²) in [6.45, 7) is 5.35. The number of rotatable bonds is 9. The van der Waals surface area contributed by atoms with Gasteiger partial charge in [-0.25, -0.2) is 0 Å². The van der Waals surface area contributed by atoms with Crippen molar-refractivity contribution in [1.82, 2.24) is 10.2 Å². The highest BCUT2D eigenvalue weighted by molar-refractivity contribution is 5.20. The van der Waals surface area contributed by atoms with Gasteiger partial charge in [0.25, 0.3) is 0 Å². The molecule has 1 aromatic rings. The van der Waals surface area contributed by atoms with E-state index in [4.69, 9.17) is 4.74 Å².